The highest BCUT2D eigenvalue weighted by Gasteiger charge is 2.19. The number of nitrogens with zero attached hydrogens (tertiary/aromatic N) is 4. The molecule has 0 unspecified atom stereocenters. The van der Waals surface area contributed by atoms with E-state index in [0.717, 1.165) is 38.4 Å². The quantitative estimate of drug-likeness (QED) is 0.630. The summed E-state index contributed by atoms with van der Waals surface area (Å²) >= 11 is 7.62. The fourth-order valence-electron chi connectivity index (χ4n) is 3.68. The zero-order valence-electron chi connectivity index (χ0n) is 16.8. The minimum Gasteiger partial charge on any atom is -0.367 e. The Balaban J connectivity index is 1.44. The summed E-state index contributed by atoms with van der Waals surface area (Å²) in [5, 5.41) is 5.99. The van der Waals surface area contributed by atoms with Crippen LogP contribution in [0, 0.1) is 0 Å². The van der Waals surface area contributed by atoms with Gasteiger partial charge in [-0.15, -0.1) is 11.3 Å². The summed E-state index contributed by atoms with van der Waals surface area (Å²) in [6.45, 7) is 7.28. The lowest BCUT2D eigenvalue weighted by Crippen LogP contribution is -2.46. The second-order valence-corrected chi connectivity index (χ2v) is 8.59. The van der Waals surface area contributed by atoms with Crippen molar-refractivity contribution in [3.05, 3.63) is 51.3 Å². The maximum absolute atomic E-state index is 12.6. The molecule has 1 saturated heterocycles. The Morgan fingerprint density at radius 3 is 2.80 bits per heavy atom. The number of piperazine rings is 1. The van der Waals surface area contributed by atoms with Gasteiger partial charge in [0.1, 0.15) is 4.83 Å². The zero-order valence-corrected chi connectivity index (χ0v) is 18.4. The molecule has 3 aromatic rings. The van der Waals surface area contributed by atoms with Gasteiger partial charge in [-0.05, 0) is 36.2 Å². The third-order valence-corrected chi connectivity index (χ3v) is 6.48. The first-order valence-corrected chi connectivity index (χ1v) is 11.3. The van der Waals surface area contributed by atoms with Crippen LogP contribution in [-0.2, 0) is 11.3 Å². The number of thiophene rings is 1. The second kappa shape index (κ2) is 9.16. The molecule has 1 fully saturated rings. The van der Waals surface area contributed by atoms with Crippen molar-refractivity contribution >= 4 is 50.4 Å². The molecule has 0 bridgehead atoms. The van der Waals surface area contributed by atoms with E-state index in [4.69, 9.17) is 11.6 Å². The Morgan fingerprint density at radius 1 is 1.23 bits per heavy atom. The fourth-order valence-corrected chi connectivity index (χ4v) is 4.57. The predicted molar refractivity (Wildman–Crippen MR) is 123 cm³/mol. The van der Waals surface area contributed by atoms with Crippen LogP contribution < -0.4 is 15.8 Å². The molecule has 1 aliphatic rings. The molecule has 30 heavy (non-hydrogen) atoms. The number of anilines is 2. The molecule has 7 nitrogen and oxygen atoms in total. The van der Waals surface area contributed by atoms with Crippen LogP contribution in [0.25, 0.3) is 10.2 Å². The average molecular weight is 446 g/mol. The van der Waals surface area contributed by atoms with Gasteiger partial charge >= 0.3 is 0 Å². The second-order valence-electron chi connectivity index (χ2n) is 7.26. The van der Waals surface area contributed by atoms with Crippen LogP contribution in [-0.4, -0.2) is 53.1 Å². The maximum Gasteiger partial charge on any atom is 0.262 e. The number of hydrogen-bond donors (Lipinski definition) is 1. The molecule has 1 aliphatic heterocycles. The number of nitrogens with one attached hydrogen (secondary N) is 1. The average Bonchev–Trinajstić information content (AvgIpc) is 3.23. The molecule has 0 saturated carbocycles. The van der Waals surface area contributed by atoms with Crippen LogP contribution in [0.1, 0.15) is 13.3 Å². The molecule has 1 amide bonds. The van der Waals surface area contributed by atoms with Crippen molar-refractivity contribution in [1.82, 2.24) is 14.5 Å². The number of fused-ring (bicyclic) bond motifs is 1. The number of halogens is 1. The van der Waals surface area contributed by atoms with Crippen molar-refractivity contribution in [3.63, 3.8) is 0 Å². The number of benzene rings is 1. The normalized spacial score (nSPS) is 14.9. The van der Waals surface area contributed by atoms with Gasteiger partial charge in [0.2, 0.25) is 5.91 Å². The number of aryl methyl sites for hydroxylation is 1. The summed E-state index contributed by atoms with van der Waals surface area (Å²) in [6, 6.07) is 7.35. The van der Waals surface area contributed by atoms with Crippen LogP contribution in [0.3, 0.4) is 0 Å². The summed E-state index contributed by atoms with van der Waals surface area (Å²) < 4.78 is 1.48. The third-order valence-electron chi connectivity index (χ3n) is 5.42. The van der Waals surface area contributed by atoms with Crippen molar-refractivity contribution in [2.24, 2.45) is 0 Å². The minimum atomic E-state index is -0.164. The van der Waals surface area contributed by atoms with E-state index in [2.05, 4.69) is 27.0 Å². The summed E-state index contributed by atoms with van der Waals surface area (Å²) in [7, 11) is 0. The SMILES string of the molecule is CCN1CCN(c2ccc(Cl)cc2NC(=O)CCn2cnc3sccc3c2=O)CC1. The van der Waals surface area contributed by atoms with Gasteiger partial charge in [0, 0.05) is 44.2 Å². The summed E-state index contributed by atoms with van der Waals surface area (Å²) in [5.41, 5.74) is 1.56. The molecule has 158 valence electrons. The molecule has 0 spiro atoms. The van der Waals surface area contributed by atoms with Crippen molar-refractivity contribution in [1.29, 1.82) is 0 Å². The fraction of sp³-hybridized carbons (Fsp3) is 0.381. The number of hydrogen-bond acceptors (Lipinski definition) is 6. The molecule has 2 aromatic heterocycles. The van der Waals surface area contributed by atoms with Gasteiger partial charge in [-0.2, -0.15) is 0 Å². The Bertz CT molecular complexity index is 1100. The molecule has 4 rings (SSSR count). The zero-order chi connectivity index (χ0) is 21.1. The first kappa shape index (κ1) is 20.8. The van der Waals surface area contributed by atoms with E-state index in [0.29, 0.717) is 20.9 Å². The number of carbonyl (C=O) groups excluding carboxylic acids is 1. The predicted octanol–water partition coefficient (Wildman–Crippen LogP) is 3.28. The van der Waals surface area contributed by atoms with E-state index in [-0.39, 0.29) is 24.4 Å². The minimum absolute atomic E-state index is 0.119. The monoisotopic (exact) mass is 445 g/mol. The van der Waals surface area contributed by atoms with Crippen molar-refractivity contribution in [2.75, 3.05) is 42.9 Å². The van der Waals surface area contributed by atoms with Gasteiger partial charge in [-0.25, -0.2) is 4.98 Å². The molecule has 0 aliphatic carbocycles. The summed E-state index contributed by atoms with van der Waals surface area (Å²) in [6.07, 6.45) is 1.68. The maximum atomic E-state index is 12.6. The van der Waals surface area contributed by atoms with E-state index in [1.807, 2.05) is 17.5 Å². The molecule has 3 heterocycles. The van der Waals surface area contributed by atoms with Crippen LogP contribution in [0.4, 0.5) is 11.4 Å². The highest BCUT2D eigenvalue weighted by molar-refractivity contribution is 7.16. The Morgan fingerprint density at radius 2 is 2.03 bits per heavy atom. The van der Waals surface area contributed by atoms with Crippen molar-refractivity contribution in [3.8, 4) is 0 Å². The van der Waals surface area contributed by atoms with E-state index >= 15 is 0 Å². The lowest BCUT2D eigenvalue weighted by Gasteiger charge is -2.36. The van der Waals surface area contributed by atoms with E-state index in [1.54, 1.807) is 12.1 Å². The van der Waals surface area contributed by atoms with Crippen LogP contribution in [0.2, 0.25) is 5.02 Å². The molecule has 9 heteroatoms. The number of carbonyl (C=O) groups is 1. The lowest BCUT2D eigenvalue weighted by atomic mass is 10.2. The number of amides is 1. The molecule has 1 aromatic carbocycles. The lowest BCUT2D eigenvalue weighted by molar-refractivity contribution is -0.116. The van der Waals surface area contributed by atoms with Crippen molar-refractivity contribution < 1.29 is 4.79 Å². The smallest absolute Gasteiger partial charge is 0.262 e. The summed E-state index contributed by atoms with van der Waals surface area (Å²) in [5.74, 6) is -0.164. The largest absolute Gasteiger partial charge is 0.367 e. The number of likely N-dealkylation sites (N-methyl/N-ethyl adjacent to an activating group) is 1. The van der Waals surface area contributed by atoms with E-state index in [9.17, 15) is 9.59 Å². The van der Waals surface area contributed by atoms with Crippen LogP contribution in [0.15, 0.2) is 40.8 Å². The Hall–Kier alpha value is -2.42. The number of aromatic nitrogens is 2. The van der Waals surface area contributed by atoms with Gasteiger partial charge in [0.15, 0.2) is 0 Å². The van der Waals surface area contributed by atoms with Crippen molar-refractivity contribution in [2.45, 2.75) is 19.9 Å². The van der Waals surface area contributed by atoms with Crippen LogP contribution in [0.5, 0.6) is 0 Å². The molecule has 0 radical (unpaired) electrons. The van der Waals surface area contributed by atoms with Gasteiger partial charge in [-0.1, -0.05) is 18.5 Å². The highest BCUT2D eigenvalue weighted by Crippen LogP contribution is 2.30. The van der Waals surface area contributed by atoms with Gasteiger partial charge < -0.3 is 15.1 Å². The highest BCUT2D eigenvalue weighted by atomic mass is 35.5. The van der Waals surface area contributed by atoms with Gasteiger partial charge in [-0.3, -0.25) is 14.2 Å². The van der Waals surface area contributed by atoms with Gasteiger partial charge in [0.05, 0.1) is 23.1 Å². The first-order valence-electron chi connectivity index (χ1n) is 10.0. The molecular weight excluding hydrogens is 422 g/mol. The Kier molecular flexibility index (Phi) is 6.36. The Labute approximate surface area is 183 Å². The topological polar surface area (TPSA) is 70.5 Å². The third kappa shape index (κ3) is 4.50. The first-order chi connectivity index (χ1) is 14.5. The van der Waals surface area contributed by atoms with E-state index < -0.39 is 0 Å². The molecule has 0 atom stereocenters. The van der Waals surface area contributed by atoms with E-state index in [1.165, 1.54) is 22.2 Å². The van der Waals surface area contributed by atoms with Gasteiger partial charge in [0.25, 0.3) is 5.56 Å². The standard InChI is InChI=1S/C21H24ClN5O2S/c1-2-25-8-10-26(11-9-25)18-4-3-15(22)13-17(18)24-19(28)5-7-27-14-23-20-16(21(27)29)6-12-30-20/h3-4,6,12-14H,2,5,7-11H2,1H3,(H,24,28). The molecular formula is C21H24ClN5O2S. The summed E-state index contributed by atoms with van der Waals surface area (Å²) in [4.78, 5) is 34.8. The molecule has 1 N–H and O–H groups in total. The number of rotatable bonds is 6. The van der Waals surface area contributed by atoms with Crippen LogP contribution >= 0.6 is 22.9 Å².